The summed E-state index contributed by atoms with van der Waals surface area (Å²) in [5.74, 6) is -1.14. The van der Waals surface area contributed by atoms with Gasteiger partial charge in [0.25, 0.3) is 5.91 Å². The zero-order chi connectivity index (χ0) is 19.8. The van der Waals surface area contributed by atoms with Crippen LogP contribution in [0.25, 0.3) is 31.6 Å². The van der Waals surface area contributed by atoms with E-state index in [4.69, 9.17) is 0 Å². The summed E-state index contributed by atoms with van der Waals surface area (Å²) in [6.45, 7) is 3.57. The third-order valence-corrected chi connectivity index (χ3v) is 5.99. The number of H-pyrrole nitrogens is 1. The number of hydrogen-bond acceptors (Lipinski definition) is 4. The molecule has 0 aliphatic carbocycles. The number of carbonyl (C=O) groups is 1. The van der Waals surface area contributed by atoms with Gasteiger partial charge in [-0.25, -0.2) is 4.39 Å². The van der Waals surface area contributed by atoms with Crippen LogP contribution in [0.15, 0.2) is 42.5 Å². The summed E-state index contributed by atoms with van der Waals surface area (Å²) in [4.78, 5) is 13.5. The van der Waals surface area contributed by atoms with E-state index in [1.165, 1.54) is 12.1 Å². The lowest BCUT2D eigenvalue weighted by Gasteiger charge is -2.20. The summed E-state index contributed by atoms with van der Waals surface area (Å²) >= 11 is 1.60. The molecule has 0 bridgehead atoms. The van der Waals surface area contributed by atoms with E-state index >= 15 is 0 Å². The van der Waals surface area contributed by atoms with Crippen molar-refractivity contribution in [1.82, 2.24) is 15.5 Å². The van der Waals surface area contributed by atoms with Gasteiger partial charge < -0.3 is 10.4 Å². The van der Waals surface area contributed by atoms with Gasteiger partial charge in [-0.15, -0.1) is 11.3 Å². The number of hydrogen-bond donors (Lipinski definition) is 3. The third kappa shape index (κ3) is 3.27. The summed E-state index contributed by atoms with van der Waals surface area (Å²) in [5, 5.41) is 21.1. The number of fused-ring (bicyclic) bond motifs is 2. The number of halogens is 1. The fourth-order valence-electron chi connectivity index (χ4n) is 3.17. The number of rotatable bonds is 5. The highest BCUT2D eigenvalue weighted by molar-refractivity contribution is 7.22. The minimum absolute atomic E-state index is 0.0313. The van der Waals surface area contributed by atoms with Crippen molar-refractivity contribution in [2.24, 2.45) is 5.92 Å². The van der Waals surface area contributed by atoms with Gasteiger partial charge in [-0.2, -0.15) is 5.10 Å². The van der Waals surface area contributed by atoms with Crippen LogP contribution in [0.2, 0.25) is 0 Å². The van der Waals surface area contributed by atoms with E-state index in [1.807, 2.05) is 44.2 Å². The largest absolute Gasteiger partial charge is 0.394 e. The number of benzene rings is 2. The molecule has 0 radical (unpaired) electrons. The number of aliphatic hydroxyl groups excluding tert-OH is 1. The lowest BCUT2D eigenvalue weighted by Crippen LogP contribution is -2.41. The Hall–Kier alpha value is -2.77. The number of aromatic amines is 1. The Morgan fingerprint density at radius 2 is 2.07 bits per heavy atom. The number of carbonyl (C=O) groups excluding carboxylic acids is 1. The summed E-state index contributed by atoms with van der Waals surface area (Å²) in [6, 6.07) is 12.4. The molecule has 3 N–H and O–H groups in total. The lowest BCUT2D eigenvalue weighted by molar-refractivity contribution is 0.0893. The summed E-state index contributed by atoms with van der Waals surface area (Å²) in [7, 11) is 0. The van der Waals surface area contributed by atoms with Gasteiger partial charge in [0.15, 0.2) is 0 Å². The third-order valence-electron chi connectivity index (χ3n) is 4.87. The van der Waals surface area contributed by atoms with Crippen molar-refractivity contribution < 1.29 is 14.3 Å². The first kappa shape index (κ1) is 18.6. The average Bonchev–Trinajstić information content (AvgIpc) is 3.27. The molecule has 4 aromatic rings. The molecule has 0 spiro atoms. The maximum Gasteiger partial charge on any atom is 0.254 e. The van der Waals surface area contributed by atoms with Crippen LogP contribution >= 0.6 is 11.3 Å². The van der Waals surface area contributed by atoms with Crippen molar-refractivity contribution in [3.8, 4) is 10.6 Å². The monoisotopic (exact) mass is 397 g/mol. The Morgan fingerprint density at radius 1 is 1.29 bits per heavy atom. The molecule has 4 rings (SSSR count). The van der Waals surface area contributed by atoms with Crippen LogP contribution in [0.3, 0.4) is 0 Å². The first-order chi connectivity index (χ1) is 13.5. The topological polar surface area (TPSA) is 78.0 Å². The molecule has 28 heavy (non-hydrogen) atoms. The zero-order valence-corrected chi connectivity index (χ0v) is 16.3. The molecule has 0 aliphatic heterocycles. The first-order valence-electron chi connectivity index (χ1n) is 9.06. The number of nitrogens with zero attached hydrogens (tertiary/aromatic N) is 1. The minimum Gasteiger partial charge on any atom is -0.394 e. The van der Waals surface area contributed by atoms with Crippen LogP contribution in [0.5, 0.6) is 0 Å². The highest BCUT2D eigenvalue weighted by Gasteiger charge is 2.21. The van der Waals surface area contributed by atoms with Crippen LogP contribution in [-0.2, 0) is 0 Å². The van der Waals surface area contributed by atoms with E-state index in [9.17, 15) is 14.3 Å². The predicted octanol–water partition coefficient (Wildman–Crippen LogP) is 4.33. The number of amides is 1. The van der Waals surface area contributed by atoms with Crippen LogP contribution in [0.4, 0.5) is 4.39 Å². The van der Waals surface area contributed by atoms with Crippen LogP contribution < -0.4 is 5.32 Å². The average molecular weight is 397 g/mol. The van der Waals surface area contributed by atoms with Crippen molar-refractivity contribution in [3.63, 3.8) is 0 Å². The summed E-state index contributed by atoms with van der Waals surface area (Å²) in [5.41, 5.74) is 1.16. The van der Waals surface area contributed by atoms with Gasteiger partial charge in [-0.1, -0.05) is 32.0 Å². The molecule has 1 amide bonds. The molecule has 2 aromatic heterocycles. The fourth-order valence-corrected chi connectivity index (χ4v) is 4.23. The number of aromatic nitrogens is 2. The van der Waals surface area contributed by atoms with Gasteiger partial charge in [-0.3, -0.25) is 9.89 Å². The van der Waals surface area contributed by atoms with Gasteiger partial charge in [0, 0.05) is 16.2 Å². The summed E-state index contributed by atoms with van der Waals surface area (Å²) in [6.07, 6.45) is 0. The van der Waals surface area contributed by atoms with Crippen molar-refractivity contribution in [2.45, 2.75) is 19.9 Å². The minimum atomic E-state index is -0.628. The van der Waals surface area contributed by atoms with E-state index in [0.29, 0.717) is 16.6 Å². The second-order valence-corrected chi connectivity index (χ2v) is 8.19. The SMILES string of the molecule is CC(C)C(CO)NC(=O)c1cc2c(-c3cc4ccccc4s3)n[nH]c2cc1F. The molecule has 7 heteroatoms. The van der Waals surface area contributed by atoms with Gasteiger partial charge in [0.1, 0.15) is 11.5 Å². The van der Waals surface area contributed by atoms with Crippen LogP contribution in [0.1, 0.15) is 24.2 Å². The molecular formula is C21H20FN3O2S. The lowest BCUT2D eigenvalue weighted by atomic mass is 10.0. The Kier molecular flexibility index (Phi) is 4.87. The quantitative estimate of drug-likeness (QED) is 0.469. The Labute approximate surface area is 165 Å². The van der Waals surface area contributed by atoms with Crippen LogP contribution in [-0.4, -0.2) is 33.9 Å². The molecule has 2 aromatic carbocycles. The molecule has 0 saturated carbocycles. The molecule has 144 valence electrons. The van der Waals surface area contributed by atoms with E-state index in [1.54, 1.807) is 11.3 Å². The van der Waals surface area contributed by atoms with Gasteiger partial charge >= 0.3 is 0 Å². The molecule has 2 heterocycles. The maximum absolute atomic E-state index is 14.5. The van der Waals surface area contributed by atoms with E-state index in [-0.39, 0.29) is 18.1 Å². The second kappa shape index (κ2) is 7.33. The molecule has 1 unspecified atom stereocenters. The highest BCUT2D eigenvalue weighted by atomic mass is 32.1. The second-order valence-electron chi connectivity index (χ2n) is 7.10. The van der Waals surface area contributed by atoms with E-state index in [0.717, 1.165) is 15.0 Å². The van der Waals surface area contributed by atoms with Crippen LogP contribution in [0, 0.1) is 11.7 Å². The van der Waals surface area contributed by atoms with E-state index < -0.39 is 17.8 Å². The van der Waals surface area contributed by atoms with Gasteiger partial charge in [-0.05, 0) is 29.5 Å². The fraction of sp³-hybridized carbons (Fsp3) is 0.238. The van der Waals surface area contributed by atoms with E-state index in [2.05, 4.69) is 15.5 Å². The Bertz CT molecular complexity index is 1130. The first-order valence-corrected chi connectivity index (χ1v) is 9.88. The standard InChI is InChI=1S/C21H20FN3O2S/c1-11(2)17(10-26)23-21(27)13-8-14-16(9-15(13)22)24-25-20(14)19-7-12-5-3-4-6-18(12)28-19/h3-9,11,17,26H,10H2,1-2H3,(H,23,27)(H,24,25). The molecule has 5 nitrogen and oxygen atoms in total. The highest BCUT2D eigenvalue weighted by Crippen LogP contribution is 2.36. The predicted molar refractivity (Wildman–Crippen MR) is 110 cm³/mol. The normalized spacial score (nSPS) is 12.8. The molecule has 0 aliphatic rings. The summed E-state index contributed by atoms with van der Waals surface area (Å²) < 4.78 is 15.7. The van der Waals surface area contributed by atoms with Crippen molar-refractivity contribution in [3.05, 3.63) is 53.8 Å². The Balaban J connectivity index is 1.76. The maximum atomic E-state index is 14.5. The van der Waals surface area contributed by atoms with Gasteiger partial charge in [0.2, 0.25) is 0 Å². The number of thiophene rings is 1. The smallest absolute Gasteiger partial charge is 0.254 e. The number of nitrogens with one attached hydrogen (secondary N) is 2. The molecule has 1 atom stereocenters. The molecular weight excluding hydrogens is 377 g/mol. The van der Waals surface area contributed by atoms with Crippen molar-refractivity contribution in [2.75, 3.05) is 6.61 Å². The zero-order valence-electron chi connectivity index (χ0n) is 15.5. The van der Waals surface area contributed by atoms with Crippen molar-refractivity contribution >= 4 is 38.2 Å². The molecule has 0 fully saturated rings. The molecule has 0 saturated heterocycles. The Morgan fingerprint density at radius 3 is 2.79 bits per heavy atom. The van der Waals surface area contributed by atoms with Gasteiger partial charge in [0.05, 0.1) is 28.6 Å². The number of aliphatic hydroxyl groups is 1. The van der Waals surface area contributed by atoms with Crippen molar-refractivity contribution in [1.29, 1.82) is 0 Å².